The Labute approximate surface area is 147 Å². The van der Waals surface area contributed by atoms with E-state index in [4.69, 9.17) is 14.0 Å². The van der Waals surface area contributed by atoms with Crippen molar-refractivity contribution < 1.29 is 23.6 Å². The average molecular weight is 361 g/mol. The van der Waals surface area contributed by atoms with Gasteiger partial charge in [0.25, 0.3) is 11.8 Å². The fraction of sp³-hybridized carbons (Fsp3) is 0.375. The van der Waals surface area contributed by atoms with Crippen molar-refractivity contribution in [1.29, 1.82) is 5.26 Å². The molecule has 0 radical (unpaired) electrons. The van der Waals surface area contributed by atoms with Gasteiger partial charge in [0.2, 0.25) is 0 Å². The van der Waals surface area contributed by atoms with Gasteiger partial charge in [0, 0.05) is 10.9 Å². The van der Waals surface area contributed by atoms with E-state index in [1.54, 1.807) is 6.92 Å². The number of carbonyl (C=O) groups is 2. The molecule has 2 heterocycles. The van der Waals surface area contributed by atoms with Crippen LogP contribution in [0.5, 0.6) is 5.88 Å². The van der Waals surface area contributed by atoms with Crippen LogP contribution >= 0.6 is 11.3 Å². The van der Waals surface area contributed by atoms with Gasteiger partial charge >= 0.3 is 5.97 Å². The summed E-state index contributed by atoms with van der Waals surface area (Å²) in [6.45, 7) is 0.863. The van der Waals surface area contributed by atoms with Crippen molar-refractivity contribution in [2.24, 2.45) is 0 Å². The number of nitrogens with one attached hydrogen (secondary N) is 1. The molecule has 0 saturated heterocycles. The Morgan fingerprint density at radius 3 is 3.00 bits per heavy atom. The van der Waals surface area contributed by atoms with Crippen molar-refractivity contribution in [1.82, 2.24) is 5.16 Å². The third-order valence-corrected chi connectivity index (χ3v) is 4.80. The highest BCUT2D eigenvalue weighted by molar-refractivity contribution is 7.16. The number of carbonyl (C=O) groups excluding carboxylic acids is 2. The Morgan fingerprint density at radius 1 is 1.44 bits per heavy atom. The minimum atomic E-state index is -0.704. The second kappa shape index (κ2) is 7.36. The molecule has 0 aromatic carbocycles. The lowest BCUT2D eigenvalue weighted by molar-refractivity contribution is -0.149. The molecule has 3 rings (SSSR count). The van der Waals surface area contributed by atoms with Crippen molar-refractivity contribution in [2.45, 2.75) is 26.2 Å². The molecule has 0 bridgehead atoms. The fourth-order valence-electron chi connectivity index (χ4n) is 2.51. The predicted molar refractivity (Wildman–Crippen MR) is 87.4 cm³/mol. The monoisotopic (exact) mass is 361 g/mol. The smallest absolute Gasteiger partial charge is 0.344 e. The molecule has 0 unspecified atom stereocenters. The van der Waals surface area contributed by atoms with Gasteiger partial charge in [0.15, 0.2) is 13.2 Å². The molecule has 25 heavy (non-hydrogen) atoms. The Balaban J connectivity index is 1.47. The summed E-state index contributed by atoms with van der Waals surface area (Å²) in [7, 11) is 0. The van der Waals surface area contributed by atoms with Crippen molar-refractivity contribution in [2.75, 3.05) is 18.5 Å². The number of aryl methyl sites for hydroxylation is 2. The zero-order valence-electron chi connectivity index (χ0n) is 13.5. The fourth-order valence-corrected chi connectivity index (χ4v) is 3.76. The van der Waals surface area contributed by atoms with Crippen molar-refractivity contribution in [3.8, 4) is 11.9 Å². The highest BCUT2D eigenvalue weighted by Gasteiger charge is 2.23. The van der Waals surface area contributed by atoms with Gasteiger partial charge in [-0.3, -0.25) is 4.79 Å². The van der Waals surface area contributed by atoms with Crippen molar-refractivity contribution in [3.05, 3.63) is 27.8 Å². The number of anilines is 1. The van der Waals surface area contributed by atoms with Crippen LogP contribution in [0, 0.1) is 18.3 Å². The lowest BCUT2D eigenvalue weighted by Crippen LogP contribution is -2.23. The summed E-state index contributed by atoms with van der Waals surface area (Å²) in [6, 6.07) is 3.67. The maximum Gasteiger partial charge on any atom is 0.344 e. The number of esters is 1. The van der Waals surface area contributed by atoms with Crippen LogP contribution in [0.3, 0.4) is 0 Å². The van der Waals surface area contributed by atoms with E-state index in [0.29, 0.717) is 16.3 Å². The van der Waals surface area contributed by atoms with Crippen molar-refractivity contribution >= 4 is 28.2 Å². The summed E-state index contributed by atoms with van der Waals surface area (Å²) in [5.74, 6) is -0.475. The number of rotatable bonds is 6. The van der Waals surface area contributed by atoms with Gasteiger partial charge in [0.1, 0.15) is 16.8 Å². The molecule has 1 aliphatic rings. The quantitative estimate of drug-likeness (QED) is 0.782. The van der Waals surface area contributed by atoms with Crippen LogP contribution in [0.1, 0.15) is 28.2 Å². The maximum absolute atomic E-state index is 11.9. The Hall–Kier alpha value is -2.86. The topological polar surface area (TPSA) is 114 Å². The molecule has 0 atom stereocenters. The molecular weight excluding hydrogens is 346 g/mol. The lowest BCUT2D eigenvalue weighted by atomic mass is 10.1. The van der Waals surface area contributed by atoms with Crippen LogP contribution in [0.4, 0.5) is 5.00 Å². The van der Waals surface area contributed by atoms with Gasteiger partial charge in [0.05, 0.1) is 5.56 Å². The summed E-state index contributed by atoms with van der Waals surface area (Å²) in [5.41, 5.74) is 1.54. The van der Waals surface area contributed by atoms with Gasteiger partial charge in [-0.2, -0.15) is 5.26 Å². The van der Waals surface area contributed by atoms with Crippen LogP contribution < -0.4 is 10.1 Å². The van der Waals surface area contributed by atoms with Gasteiger partial charge in [-0.05, 0) is 36.9 Å². The number of hydrogen-bond donors (Lipinski definition) is 1. The Kier molecular flexibility index (Phi) is 5.00. The second-order valence-corrected chi connectivity index (χ2v) is 6.55. The van der Waals surface area contributed by atoms with Crippen LogP contribution in [-0.2, 0) is 27.2 Å². The number of nitriles is 1. The number of ether oxygens (including phenoxy) is 2. The van der Waals surface area contributed by atoms with E-state index >= 15 is 0 Å². The first-order chi connectivity index (χ1) is 12.1. The normalized spacial score (nSPS) is 12.3. The highest BCUT2D eigenvalue weighted by atomic mass is 32.1. The van der Waals surface area contributed by atoms with Gasteiger partial charge < -0.3 is 19.3 Å². The number of nitrogens with zero attached hydrogens (tertiary/aromatic N) is 2. The summed E-state index contributed by atoms with van der Waals surface area (Å²) in [6.07, 6.45) is 2.82. The van der Waals surface area contributed by atoms with Crippen LogP contribution in [0.15, 0.2) is 10.6 Å². The molecule has 0 saturated carbocycles. The summed E-state index contributed by atoms with van der Waals surface area (Å²) in [4.78, 5) is 24.7. The molecule has 2 aromatic rings. The number of amides is 1. The number of hydrogen-bond acceptors (Lipinski definition) is 8. The van der Waals surface area contributed by atoms with E-state index < -0.39 is 18.5 Å². The lowest BCUT2D eigenvalue weighted by Gasteiger charge is -2.06. The van der Waals surface area contributed by atoms with E-state index in [9.17, 15) is 14.9 Å². The Bertz CT molecular complexity index is 849. The molecule has 0 fully saturated rings. The van der Waals surface area contributed by atoms with E-state index in [2.05, 4.69) is 16.5 Å². The number of fused-ring (bicyclic) bond motifs is 1. The third-order valence-electron chi connectivity index (χ3n) is 3.59. The minimum Gasteiger partial charge on any atom is -0.463 e. The first kappa shape index (κ1) is 17.0. The predicted octanol–water partition coefficient (Wildman–Crippen LogP) is 1.97. The van der Waals surface area contributed by atoms with Gasteiger partial charge in [-0.15, -0.1) is 11.3 Å². The van der Waals surface area contributed by atoms with Gasteiger partial charge in [-0.1, -0.05) is 0 Å². The first-order valence-electron chi connectivity index (χ1n) is 7.63. The number of thiophene rings is 1. The van der Waals surface area contributed by atoms with Gasteiger partial charge in [-0.25, -0.2) is 4.79 Å². The molecule has 0 aliphatic heterocycles. The maximum atomic E-state index is 11.9. The largest absolute Gasteiger partial charge is 0.463 e. The summed E-state index contributed by atoms with van der Waals surface area (Å²) >= 11 is 1.41. The zero-order valence-corrected chi connectivity index (χ0v) is 14.3. The van der Waals surface area contributed by atoms with E-state index in [0.717, 1.165) is 29.7 Å². The Morgan fingerprint density at radius 2 is 2.28 bits per heavy atom. The second-order valence-electron chi connectivity index (χ2n) is 5.45. The first-order valence-corrected chi connectivity index (χ1v) is 8.44. The summed E-state index contributed by atoms with van der Waals surface area (Å²) in [5, 5.41) is 16.0. The molecular formula is C16H15N3O5S. The molecule has 1 amide bonds. The number of aromatic nitrogens is 1. The SMILES string of the molecule is Cc1cc(OCC(=O)OCC(=O)Nc2sc3c(c2C#N)CCC3)no1. The van der Waals surface area contributed by atoms with Crippen LogP contribution in [0.25, 0.3) is 0 Å². The zero-order chi connectivity index (χ0) is 17.8. The van der Waals surface area contributed by atoms with E-state index in [1.807, 2.05) is 0 Å². The molecule has 130 valence electrons. The van der Waals surface area contributed by atoms with Crippen LogP contribution in [-0.4, -0.2) is 30.2 Å². The third kappa shape index (κ3) is 3.97. The van der Waals surface area contributed by atoms with Crippen LogP contribution in [0.2, 0.25) is 0 Å². The van der Waals surface area contributed by atoms with E-state index in [-0.39, 0.29) is 12.5 Å². The molecule has 1 N–H and O–H groups in total. The van der Waals surface area contributed by atoms with E-state index in [1.165, 1.54) is 17.4 Å². The van der Waals surface area contributed by atoms with Crippen molar-refractivity contribution in [3.63, 3.8) is 0 Å². The molecule has 2 aromatic heterocycles. The molecule has 0 spiro atoms. The average Bonchev–Trinajstić information content (AvgIpc) is 3.27. The molecule has 1 aliphatic carbocycles. The highest BCUT2D eigenvalue weighted by Crippen LogP contribution is 2.38. The minimum absolute atomic E-state index is 0.172. The molecule has 8 nitrogen and oxygen atoms in total. The molecule has 9 heteroatoms. The standard InChI is InChI=1S/C16H15N3O5S/c1-9-5-14(19-24-9)22-8-15(21)23-7-13(20)18-16-11(6-17)10-3-2-4-12(10)25-16/h5H,2-4,7-8H2,1H3,(H,18,20). The summed E-state index contributed by atoms with van der Waals surface area (Å²) < 4.78 is 14.7.